The van der Waals surface area contributed by atoms with Crippen molar-refractivity contribution in [1.82, 2.24) is 10.6 Å². The van der Waals surface area contributed by atoms with Gasteiger partial charge in [-0.2, -0.15) is 0 Å². The van der Waals surface area contributed by atoms with Gasteiger partial charge < -0.3 is 15.4 Å². The number of nitrogens with one attached hydrogen (secondary N) is 2. The highest BCUT2D eigenvalue weighted by Crippen LogP contribution is 2.13. The van der Waals surface area contributed by atoms with Crippen LogP contribution >= 0.6 is 0 Å². The number of ether oxygens (including phenoxy) is 1. The molecule has 0 fully saturated rings. The number of rotatable bonds is 7. The van der Waals surface area contributed by atoms with Crippen molar-refractivity contribution in [1.29, 1.82) is 0 Å². The van der Waals surface area contributed by atoms with Gasteiger partial charge in [-0.25, -0.2) is 4.79 Å². The summed E-state index contributed by atoms with van der Waals surface area (Å²) in [6, 6.07) is 8.17. The first-order valence-corrected chi connectivity index (χ1v) is 5.92. The Balaban J connectivity index is 2.68. The van der Waals surface area contributed by atoms with Crippen LogP contribution in [0, 0.1) is 0 Å². The average Bonchev–Trinajstić information content (AvgIpc) is 2.45. The highest BCUT2D eigenvalue weighted by molar-refractivity contribution is 5.86. The van der Waals surface area contributed by atoms with Gasteiger partial charge in [-0.1, -0.05) is 36.4 Å². The molecule has 1 unspecified atom stereocenters. The Kier molecular flexibility index (Phi) is 6.32. The van der Waals surface area contributed by atoms with E-state index in [9.17, 15) is 9.59 Å². The van der Waals surface area contributed by atoms with Gasteiger partial charge in [-0.3, -0.25) is 4.79 Å². The number of amides is 1. The van der Waals surface area contributed by atoms with Gasteiger partial charge in [0.1, 0.15) is 0 Å². The van der Waals surface area contributed by atoms with Gasteiger partial charge >= 0.3 is 5.97 Å². The highest BCUT2D eigenvalue weighted by atomic mass is 16.5. The summed E-state index contributed by atoms with van der Waals surface area (Å²) in [6.45, 7) is 4.19. The van der Waals surface area contributed by atoms with Crippen LogP contribution < -0.4 is 10.6 Å². The molecule has 0 aliphatic carbocycles. The lowest BCUT2D eigenvalue weighted by atomic mass is 10.1. The zero-order valence-electron chi connectivity index (χ0n) is 10.9. The second-order valence-electron chi connectivity index (χ2n) is 3.85. The Morgan fingerprint density at radius 1 is 1.37 bits per heavy atom. The van der Waals surface area contributed by atoms with Crippen LogP contribution in [0.4, 0.5) is 0 Å². The number of carbonyl (C=O) groups is 2. The van der Waals surface area contributed by atoms with Crippen molar-refractivity contribution in [2.24, 2.45) is 0 Å². The zero-order chi connectivity index (χ0) is 14.1. The molecular weight excluding hydrogens is 244 g/mol. The molecule has 5 nitrogen and oxygen atoms in total. The fraction of sp³-hybridized carbons (Fsp3) is 0.286. The average molecular weight is 262 g/mol. The van der Waals surface area contributed by atoms with E-state index >= 15 is 0 Å². The van der Waals surface area contributed by atoms with Gasteiger partial charge in [0.05, 0.1) is 13.7 Å². The van der Waals surface area contributed by atoms with Crippen LogP contribution in [0.1, 0.15) is 11.6 Å². The molecule has 1 aromatic rings. The fourth-order valence-corrected chi connectivity index (χ4v) is 1.54. The lowest BCUT2D eigenvalue weighted by Crippen LogP contribution is -2.39. The summed E-state index contributed by atoms with van der Waals surface area (Å²) in [6.07, 6.45) is 1.66. The first-order chi connectivity index (χ1) is 9.19. The Bertz CT molecular complexity index is 432. The van der Waals surface area contributed by atoms with Crippen molar-refractivity contribution in [3.63, 3.8) is 0 Å². The third-order valence-corrected chi connectivity index (χ3v) is 2.45. The zero-order valence-corrected chi connectivity index (χ0v) is 10.9. The fourth-order valence-electron chi connectivity index (χ4n) is 1.54. The second-order valence-corrected chi connectivity index (χ2v) is 3.85. The summed E-state index contributed by atoms with van der Waals surface area (Å²) in [5, 5.41) is 5.50. The molecule has 0 heterocycles. The van der Waals surface area contributed by atoms with Gasteiger partial charge in [-0.15, -0.1) is 6.58 Å². The third-order valence-electron chi connectivity index (χ3n) is 2.45. The van der Waals surface area contributed by atoms with Crippen molar-refractivity contribution in [2.45, 2.75) is 6.04 Å². The maximum absolute atomic E-state index is 11.7. The quantitative estimate of drug-likeness (QED) is 0.433. The molecule has 0 bridgehead atoms. The summed E-state index contributed by atoms with van der Waals surface area (Å²) in [7, 11) is 1.29. The van der Waals surface area contributed by atoms with Gasteiger partial charge in [0.15, 0.2) is 6.04 Å². The molecule has 1 rings (SSSR count). The summed E-state index contributed by atoms with van der Waals surface area (Å²) >= 11 is 0. The topological polar surface area (TPSA) is 67.4 Å². The van der Waals surface area contributed by atoms with Crippen LogP contribution in [0.2, 0.25) is 0 Å². The number of hydrogen-bond donors (Lipinski definition) is 2. The van der Waals surface area contributed by atoms with Gasteiger partial charge in [0.2, 0.25) is 5.91 Å². The number of methoxy groups -OCH3 is 1. The third kappa shape index (κ3) is 4.93. The first-order valence-electron chi connectivity index (χ1n) is 5.92. The molecule has 0 aliphatic rings. The van der Waals surface area contributed by atoms with Crippen LogP contribution in [0.5, 0.6) is 0 Å². The minimum absolute atomic E-state index is 0.117. The van der Waals surface area contributed by atoms with Crippen molar-refractivity contribution in [3.8, 4) is 0 Å². The molecule has 0 aromatic heterocycles. The smallest absolute Gasteiger partial charge is 0.333 e. The van der Waals surface area contributed by atoms with Gasteiger partial charge in [0.25, 0.3) is 0 Å². The monoisotopic (exact) mass is 262 g/mol. The van der Waals surface area contributed by atoms with E-state index in [0.717, 1.165) is 0 Å². The van der Waals surface area contributed by atoms with E-state index < -0.39 is 12.0 Å². The molecule has 1 aromatic carbocycles. The maximum Gasteiger partial charge on any atom is 0.333 e. The number of esters is 1. The highest BCUT2D eigenvalue weighted by Gasteiger charge is 2.22. The Labute approximate surface area is 112 Å². The maximum atomic E-state index is 11.7. The van der Waals surface area contributed by atoms with E-state index in [1.54, 1.807) is 30.3 Å². The lowest BCUT2D eigenvalue weighted by Gasteiger charge is -2.16. The minimum Gasteiger partial charge on any atom is -0.467 e. The number of carbonyl (C=O) groups excluding carboxylic acids is 2. The molecule has 0 saturated heterocycles. The van der Waals surface area contributed by atoms with E-state index in [1.165, 1.54) is 7.11 Å². The molecule has 102 valence electrons. The molecule has 2 N–H and O–H groups in total. The second kappa shape index (κ2) is 8.05. The molecule has 1 atom stereocenters. The van der Waals surface area contributed by atoms with Crippen LogP contribution in [-0.4, -0.2) is 32.1 Å². The molecule has 5 heteroatoms. The first kappa shape index (κ1) is 14.9. The molecule has 1 amide bonds. The molecule has 0 saturated carbocycles. The molecule has 0 aliphatic heterocycles. The lowest BCUT2D eigenvalue weighted by molar-refractivity contribution is -0.145. The van der Waals surface area contributed by atoms with E-state index in [1.807, 2.05) is 6.07 Å². The largest absolute Gasteiger partial charge is 0.467 e. The molecule has 0 spiro atoms. The van der Waals surface area contributed by atoms with Crippen LogP contribution in [0.25, 0.3) is 0 Å². The number of benzene rings is 1. The van der Waals surface area contributed by atoms with E-state index in [0.29, 0.717) is 12.1 Å². The molecule has 19 heavy (non-hydrogen) atoms. The van der Waals surface area contributed by atoms with Gasteiger partial charge in [0, 0.05) is 6.54 Å². The predicted molar refractivity (Wildman–Crippen MR) is 72.4 cm³/mol. The molecular formula is C14H18N2O3. The van der Waals surface area contributed by atoms with Crippen molar-refractivity contribution in [2.75, 3.05) is 20.2 Å². The summed E-state index contributed by atoms with van der Waals surface area (Å²) in [4.78, 5) is 23.4. The van der Waals surface area contributed by atoms with Crippen molar-refractivity contribution >= 4 is 11.9 Å². The summed E-state index contributed by atoms with van der Waals surface area (Å²) in [5.74, 6) is -0.774. The number of hydrogen-bond acceptors (Lipinski definition) is 4. The van der Waals surface area contributed by atoms with Gasteiger partial charge in [-0.05, 0) is 5.56 Å². The Morgan fingerprint density at radius 2 is 2.05 bits per heavy atom. The summed E-state index contributed by atoms with van der Waals surface area (Å²) < 4.78 is 4.70. The van der Waals surface area contributed by atoms with E-state index in [4.69, 9.17) is 4.74 Å². The Hall–Kier alpha value is -2.14. The van der Waals surface area contributed by atoms with E-state index in [2.05, 4.69) is 17.2 Å². The molecule has 0 radical (unpaired) electrons. The predicted octanol–water partition coefficient (Wildman–Crippen LogP) is 0.792. The standard InChI is InChI=1S/C14H18N2O3/c1-3-9-15-10-12(17)16-13(14(18)19-2)11-7-5-4-6-8-11/h3-8,13,15H,1,9-10H2,2H3,(H,16,17). The Morgan fingerprint density at radius 3 is 2.63 bits per heavy atom. The van der Waals surface area contributed by atoms with Crippen LogP contribution in [-0.2, 0) is 14.3 Å². The van der Waals surface area contributed by atoms with Crippen molar-refractivity contribution < 1.29 is 14.3 Å². The van der Waals surface area contributed by atoms with E-state index in [-0.39, 0.29) is 12.5 Å². The summed E-state index contributed by atoms with van der Waals surface area (Å²) in [5.41, 5.74) is 0.687. The van der Waals surface area contributed by atoms with Crippen molar-refractivity contribution in [3.05, 3.63) is 48.6 Å². The normalized spacial score (nSPS) is 11.4. The SMILES string of the molecule is C=CCNCC(=O)NC(C(=O)OC)c1ccccc1. The van der Waals surface area contributed by atoms with Crippen LogP contribution in [0.15, 0.2) is 43.0 Å². The minimum atomic E-state index is -0.788. The van der Waals surface area contributed by atoms with Crippen LogP contribution in [0.3, 0.4) is 0 Å².